The second-order valence-electron chi connectivity index (χ2n) is 7.97. The number of anilines is 1. The maximum atomic E-state index is 13.3. The number of ether oxygens (including phenoxy) is 3. The van der Waals surface area contributed by atoms with Crippen molar-refractivity contribution in [3.8, 4) is 17.2 Å². The standard InChI is InChI=1S/C25H28N2O7S/c1-15-7-9-19(10-8-15)35(30,31)24-16(2)11-17(3)27(25(24)29)14-22(28)26-18-12-20(32-4)23(34-6)21(13-18)33-5/h7-13H,14H2,1-6H3,(H,26,28). The molecule has 0 saturated heterocycles. The van der Waals surface area contributed by atoms with Crippen LogP contribution in [-0.2, 0) is 21.2 Å². The maximum absolute atomic E-state index is 13.3. The van der Waals surface area contributed by atoms with Gasteiger partial charge in [-0.05, 0) is 44.5 Å². The Morgan fingerprint density at radius 1 is 0.914 bits per heavy atom. The van der Waals surface area contributed by atoms with Crippen molar-refractivity contribution < 1.29 is 27.4 Å². The van der Waals surface area contributed by atoms with Gasteiger partial charge in [-0.3, -0.25) is 9.59 Å². The monoisotopic (exact) mass is 500 g/mol. The van der Waals surface area contributed by atoms with Crippen LogP contribution >= 0.6 is 0 Å². The molecule has 1 heterocycles. The summed E-state index contributed by atoms with van der Waals surface area (Å²) in [5, 5.41) is 2.69. The summed E-state index contributed by atoms with van der Waals surface area (Å²) in [5.41, 5.74) is 1.26. The summed E-state index contributed by atoms with van der Waals surface area (Å²) >= 11 is 0. The van der Waals surface area contributed by atoms with Crippen molar-refractivity contribution in [2.24, 2.45) is 0 Å². The maximum Gasteiger partial charge on any atom is 0.270 e. The van der Waals surface area contributed by atoms with Crippen LogP contribution in [0.3, 0.4) is 0 Å². The molecule has 35 heavy (non-hydrogen) atoms. The van der Waals surface area contributed by atoms with Gasteiger partial charge >= 0.3 is 0 Å². The van der Waals surface area contributed by atoms with Crippen LogP contribution in [0.2, 0.25) is 0 Å². The fourth-order valence-electron chi connectivity index (χ4n) is 3.76. The molecule has 9 nitrogen and oxygen atoms in total. The summed E-state index contributed by atoms with van der Waals surface area (Å²) in [5.74, 6) is 0.520. The molecule has 0 aliphatic carbocycles. The van der Waals surface area contributed by atoms with E-state index in [1.54, 1.807) is 44.2 Å². The van der Waals surface area contributed by atoms with Gasteiger partial charge in [0.05, 0.1) is 26.2 Å². The minimum atomic E-state index is -4.09. The quantitative estimate of drug-likeness (QED) is 0.505. The smallest absolute Gasteiger partial charge is 0.270 e. The number of hydrogen-bond donors (Lipinski definition) is 1. The van der Waals surface area contributed by atoms with Gasteiger partial charge in [0.1, 0.15) is 11.4 Å². The Morgan fingerprint density at radius 3 is 2.00 bits per heavy atom. The SMILES string of the molecule is COc1cc(NC(=O)Cn2c(C)cc(C)c(S(=O)(=O)c3ccc(C)cc3)c2=O)cc(OC)c1OC. The van der Waals surface area contributed by atoms with Gasteiger partial charge in [0.2, 0.25) is 21.5 Å². The van der Waals surface area contributed by atoms with Gasteiger partial charge in [-0.2, -0.15) is 0 Å². The first-order chi connectivity index (χ1) is 16.5. The summed E-state index contributed by atoms with van der Waals surface area (Å²) in [6.45, 7) is 4.66. The van der Waals surface area contributed by atoms with Crippen LogP contribution in [0.15, 0.2) is 57.1 Å². The Morgan fingerprint density at radius 2 is 1.49 bits per heavy atom. The van der Waals surface area contributed by atoms with Gasteiger partial charge in [-0.25, -0.2) is 8.42 Å². The number of carbonyl (C=O) groups excluding carboxylic acids is 1. The lowest BCUT2D eigenvalue weighted by atomic mass is 10.2. The minimum absolute atomic E-state index is 0.0144. The van der Waals surface area contributed by atoms with Crippen molar-refractivity contribution in [2.45, 2.75) is 37.1 Å². The first-order valence-electron chi connectivity index (χ1n) is 10.7. The van der Waals surface area contributed by atoms with Gasteiger partial charge in [0.15, 0.2) is 11.5 Å². The second-order valence-corrected chi connectivity index (χ2v) is 9.85. The molecule has 0 aliphatic heterocycles. The van der Waals surface area contributed by atoms with Crippen LogP contribution in [-0.4, -0.2) is 40.2 Å². The van der Waals surface area contributed by atoms with Crippen molar-refractivity contribution in [3.63, 3.8) is 0 Å². The van der Waals surface area contributed by atoms with E-state index >= 15 is 0 Å². The molecule has 0 atom stereocenters. The summed E-state index contributed by atoms with van der Waals surface area (Å²) in [4.78, 5) is 25.8. The number of pyridine rings is 1. The lowest BCUT2D eigenvalue weighted by Crippen LogP contribution is -2.33. The van der Waals surface area contributed by atoms with E-state index in [9.17, 15) is 18.0 Å². The number of nitrogens with one attached hydrogen (secondary N) is 1. The van der Waals surface area contributed by atoms with Crippen molar-refractivity contribution in [1.82, 2.24) is 4.57 Å². The molecular formula is C25H28N2O7S. The number of methoxy groups -OCH3 is 3. The summed E-state index contributed by atoms with van der Waals surface area (Å²) in [6.07, 6.45) is 0. The third kappa shape index (κ3) is 5.17. The number of carbonyl (C=O) groups is 1. The fourth-order valence-corrected chi connectivity index (χ4v) is 5.32. The van der Waals surface area contributed by atoms with Crippen LogP contribution in [0.25, 0.3) is 0 Å². The number of sulfone groups is 1. The number of rotatable bonds is 8. The summed E-state index contributed by atoms with van der Waals surface area (Å²) in [7, 11) is 0.282. The topological polar surface area (TPSA) is 113 Å². The zero-order valence-corrected chi connectivity index (χ0v) is 21.3. The van der Waals surface area contributed by atoms with Crippen molar-refractivity contribution in [1.29, 1.82) is 0 Å². The van der Waals surface area contributed by atoms with Gasteiger partial charge in [0.25, 0.3) is 5.56 Å². The first kappa shape index (κ1) is 25.8. The first-order valence-corrected chi connectivity index (χ1v) is 12.1. The van der Waals surface area contributed by atoms with E-state index in [1.807, 2.05) is 6.92 Å². The number of nitrogens with zero attached hydrogens (tertiary/aromatic N) is 1. The lowest BCUT2D eigenvalue weighted by Gasteiger charge is -2.16. The largest absolute Gasteiger partial charge is 0.493 e. The van der Waals surface area contributed by atoms with Crippen LogP contribution in [0, 0.1) is 20.8 Å². The molecule has 3 aromatic rings. The number of benzene rings is 2. The van der Waals surface area contributed by atoms with Gasteiger partial charge in [-0.1, -0.05) is 17.7 Å². The Kier molecular flexibility index (Phi) is 7.54. The van der Waals surface area contributed by atoms with E-state index in [2.05, 4.69) is 5.32 Å². The van der Waals surface area contributed by atoms with E-state index in [0.29, 0.717) is 34.2 Å². The van der Waals surface area contributed by atoms with E-state index in [1.165, 1.54) is 33.5 Å². The van der Waals surface area contributed by atoms with E-state index in [0.717, 1.165) is 10.1 Å². The van der Waals surface area contributed by atoms with Gasteiger partial charge in [-0.15, -0.1) is 0 Å². The van der Waals surface area contributed by atoms with Crippen molar-refractivity contribution >= 4 is 21.4 Å². The summed E-state index contributed by atoms with van der Waals surface area (Å²) < 4.78 is 43.6. The highest BCUT2D eigenvalue weighted by atomic mass is 32.2. The predicted molar refractivity (Wildman–Crippen MR) is 132 cm³/mol. The molecule has 2 aromatic carbocycles. The molecular weight excluding hydrogens is 472 g/mol. The molecule has 3 rings (SSSR count). The third-order valence-electron chi connectivity index (χ3n) is 5.50. The zero-order chi connectivity index (χ0) is 25.9. The minimum Gasteiger partial charge on any atom is -0.493 e. The average molecular weight is 501 g/mol. The van der Waals surface area contributed by atoms with E-state index in [4.69, 9.17) is 14.2 Å². The Balaban J connectivity index is 1.98. The Bertz CT molecular complexity index is 1400. The molecule has 0 bridgehead atoms. The van der Waals surface area contributed by atoms with Crippen LogP contribution in [0.1, 0.15) is 16.8 Å². The molecule has 1 N–H and O–H groups in total. The fraction of sp³-hybridized carbons (Fsp3) is 0.280. The average Bonchev–Trinajstić information content (AvgIpc) is 2.81. The molecule has 0 fully saturated rings. The second kappa shape index (κ2) is 10.2. The highest BCUT2D eigenvalue weighted by molar-refractivity contribution is 7.91. The highest BCUT2D eigenvalue weighted by Gasteiger charge is 2.26. The number of amides is 1. The molecule has 1 aromatic heterocycles. The molecule has 0 spiro atoms. The molecule has 186 valence electrons. The molecule has 0 aliphatic rings. The van der Waals surface area contributed by atoms with Gasteiger partial charge < -0.3 is 24.1 Å². The Hall–Kier alpha value is -3.79. The van der Waals surface area contributed by atoms with Crippen LogP contribution < -0.4 is 25.1 Å². The van der Waals surface area contributed by atoms with Crippen LogP contribution in [0.4, 0.5) is 5.69 Å². The zero-order valence-electron chi connectivity index (χ0n) is 20.5. The molecule has 1 amide bonds. The normalized spacial score (nSPS) is 11.1. The molecule has 10 heteroatoms. The summed E-state index contributed by atoms with van der Waals surface area (Å²) in [6, 6.07) is 10.9. The van der Waals surface area contributed by atoms with Crippen LogP contribution in [0.5, 0.6) is 17.2 Å². The Labute approximate surface area is 204 Å². The number of aryl methyl sites for hydroxylation is 3. The highest BCUT2D eigenvalue weighted by Crippen LogP contribution is 2.39. The van der Waals surface area contributed by atoms with Crippen molar-refractivity contribution in [2.75, 3.05) is 26.6 Å². The molecule has 0 unspecified atom stereocenters. The number of hydrogen-bond acceptors (Lipinski definition) is 7. The molecule has 0 radical (unpaired) electrons. The van der Waals surface area contributed by atoms with Gasteiger partial charge in [0, 0.05) is 23.5 Å². The van der Waals surface area contributed by atoms with Crippen molar-refractivity contribution in [3.05, 3.63) is 69.6 Å². The third-order valence-corrected chi connectivity index (χ3v) is 7.43. The lowest BCUT2D eigenvalue weighted by molar-refractivity contribution is -0.116. The van der Waals surface area contributed by atoms with E-state index < -0.39 is 27.8 Å². The number of aromatic nitrogens is 1. The van der Waals surface area contributed by atoms with E-state index in [-0.39, 0.29) is 9.79 Å². The predicted octanol–water partition coefficient (Wildman–Crippen LogP) is 3.27. The molecule has 0 saturated carbocycles.